The molecule has 0 bridgehead atoms. The lowest BCUT2D eigenvalue weighted by Gasteiger charge is -2.20. The van der Waals surface area contributed by atoms with Crippen LogP contribution < -0.4 is 10.1 Å². The SMILES string of the molecule is COc1ccc(C2Cc3cc(Cl)ccc3NC(=O)C2C)cc1. The van der Waals surface area contributed by atoms with Crippen LogP contribution in [0.15, 0.2) is 42.5 Å². The molecular formula is C18H18ClNO2. The number of nitrogens with one attached hydrogen (secondary N) is 1. The summed E-state index contributed by atoms with van der Waals surface area (Å²) in [5.74, 6) is 0.866. The van der Waals surface area contributed by atoms with Crippen molar-refractivity contribution in [2.24, 2.45) is 5.92 Å². The largest absolute Gasteiger partial charge is 0.497 e. The van der Waals surface area contributed by atoms with Crippen LogP contribution in [0.5, 0.6) is 5.75 Å². The molecule has 114 valence electrons. The number of fused-ring (bicyclic) bond motifs is 1. The van der Waals surface area contributed by atoms with E-state index in [1.54, 1.807) is 13.2 Å². The second kappa shape index (κ2) is 6.01. The molecule has 2 atom stereocenters. The third-order valence-corrected chi connectivity index (χ3v) is 4.56. The molecule has 0 fully saturated rings. The van der Waals surface area contributed by atoms with Crippen molar-refractivity contribution in [3.05, 3.63) is 58.6 Å². The van der Waals surface area contributed by atoms with Gasteiger partial charge in [-0.1, -0.05) is 30.7 Å². The Balaban J connectivity index is 2.00. The van der Waals surface area contributed by atoms with E-state index in [9.17, 15) is 4.79 Å². The van der Waals surface area contributed by atoms with E-state index >= 15 is 0 Å². The molecule has 4 heteroatoms. The van der Waals surface area contributed by atoms with Gasteiger partial charge in [0.15, 0.2) is 0 Å². The summed E-state index contributed by atoms with van der Waals surface area (Å²) in [6.45, 7) is 1.97. The van der Waals surface area contributed by atoms with Crippen LogP contribution in [0, 0.1) is 5.92 Å². The van der Waals surface area contributed by atoms with Crippen LogP contribution in [0.25, 0.3) is 0 Å². The van der Waals surface area contributed by atoms with Crippen molar-refractivity contribution in [3.63, 3.8) is 0 Å². The Labute approximate surface area is 135 Å². The third-order valence-electron chi connectivity index (χ3n) is 4.33. The number of methoxy groups -OCH3 is 1. The molecule has 0 saturated heterocycles. The molecule has 1 heterocycles. The van der Waals surface area contributed by atoms with Crippen LogP contribution in [0.2, 0.25) is 5.02 Å². The Kier molecular flexibility index (Phi) is 4.08. The molecule has 22 heavy (non-hydrogen) atoms. The summed E-state index contributed by atoms with van der Waals surface area (Å²) in [4.78, 5) is 12.4. The first-order valence-electron chi connectivity index (χ1n) is 7.31. The number of anilines is 1. The predicted molar refractivity (Wildman–Crippen MR) is 88.7 cm³/mol. The van der Waals surface area contributed by atoms with E-state index in [2.05, 4.69) is 5.32 Å². The molecule has 3 nitrogen and oxygen atoms in total. The first-order valence-corrected chi connectivity index (χ1v) is 7.69. The number of benzene rings is 2. The molecule has 2 aromatic carbocycles. The number of carbonyl (C=O) groups excluding carboxylic acids is 1. The number of hydrogen-bond donors (Lipinski definition) is 1. The summed E-state index contributed by atoms with van der Waals surface area (Å²) in [5.41, 5.74) is 3.07. The van der Waals surface area contributed by atoms with E-state index < -0.39 is 0 Å². The smallest absolute Gasteiger partial charge is 0.227 e. The van der Waals surface area contributed by atoms with Crippen molar-refractivity contribution in [1.82, 2.24) is 0 Å². The topological polar surface area (TPSA) is 38.3 Å². The highest BCUT2D eigenvalue weighted by molar-refractivity contribution is 6.30. The minimum atomic E-state index is -0.112. The fraction of sp³-hybridized carbons (Fsp3) is 0.278. The van der Waals surface area contributed by atoms with Gasteiger partial charge in [-0.3, -0.25) is 4.79 Å². The molecular weight excluding hydrogens is 298 g/mol. The van der Waals surface area contributed by atoms with Crippen LogP contribution in [0.3, 0.4) is 0 Å². The number of rotatable bonds is 2. The van der Waals surface area contributed by atoms with Crippen molar-refractivity contribution in [2.75, 3.05) is 12.4 Å². The van der Waals surface area contributed by atoms with E-state index in [1.807, 2.05) is 43.3 Å². The van der Waals surface area contributed by atoms with Crippen molar-refractivity contribution >= 4 is 23.2 Å². The zero-order valence-corrected chi connectivity index (χ0v) is 13.4. The van der Waals surface area contributed by atoms with Gasteiger partial charge in [-0.25, -0.2) is 0 Å². The van der Waals surface area contributed by atoms with Gasteiger partial charge in [0.25, 0.3) is 0 Å². The lowest BCUT2D eigenvalue weighted by molar-refractivity contribution is -0.119. The fourth-order valence-corrected chi connectivity index (χ4v) is 3.15. The summed E-state index contributed by atoms with van der Waals surface area (Å²) in [6, 6.07) is 13.5. The van der Waals surface area contributed by atoms with E-state index in [4.69, 9.17) is 16.3 Å². The third kappa shape index (κ3) is 2.81. The lowest BCUT2D eigenvalue weighted by Crippen LogP contribution is -2.24. The van der Waals surface area contributed by atoms with Crippen molar-refractivity contribution in [1.29, 1.82) is 0 Å². The zero-order chi connectivity index (χ0) is 15.7. The molecule has 1 N–H and O–H groups in total. The molecule has 0 radical (unpaired) electrons. The highest BCUT2D eigenvalue weighted by Gasteiger charge is 2.30. The molecule has 1 amide bonds. The molecule has 0 saturated carbocycles. The first-order chi connectivity index (χ1) is 10.6. The van der Waals surface area contributed by atoms with Gasteiger partial charge >= 0.3 is 0 Å². The predicted octanol–water partition coefficient (Wildman–Crippen LogP) is 4.26. The highest BCUT2D eigenvalue weighted by atomic mass is 35.5. The van der Waals surface area contributed by atoms with Gasteiger partial charge < -0.3 is 10.1 Å². The summed E-state index contributed by atoms with van der Waals surface area (Å²) < 4.78 is 5.20. The zero-order valence-electron chi connectivity index (χ0n) is 12.6. The Morgan fingerprint density at radius 3 is 2.59 bits per heavy atom. The second-order valence-electron chi connectivity index (χ2n) is 5.66. The number of carbonyl (C=O) groups is 1. The van der Waals surface area contributed by atoms with Crippen LogP contribution in [-0.2, 0) is 11.2 Å². The molecule has 0 aliphatic carbocycles. The van der Waals surface area contributed by atoms with E-state index in [0.29, 0.717) is 5.02 Å². The fourth-order valence-electron chi connectivity index (χ4n) is 2.95. The van der Waals surface area contributed by atoms with Crippen molar-refractivity contribution in [2.45, 2.75) is 19.3 Å². The number of ether oxygens (including phenoxy) is 1. The van der Waals surface area contributed by atoms with Gasteiger partial charge in [-0.15, -0.1) is 0 Å². The second-order valence-corrected chi connectivity index (χ2v) is 6.10. The monoisotopic (exact) mass is 315 g/mol. The van der Waals surface area contributed by atoms with Crippen LogP contribution in [0.1, 0.15) is 24.0 Å². The number of hydrogen-bond acceptors (Lipinski definition) is 2. The quantitative estimate of drug-likeness (QED) is 0.899. The standard InChI is InChI=1S/C18H18ClNO2/c1-11-16(12-3-6-15(22-2)7-4-12)10-13-9-14(19)5-8-17(13)20-18(11)21/h3-9,11,16H,10H2,1-2H3,(H,20,21). The molecule has 3 rings (SSSR count). The van der Waals surface area contributed by atoms with Crippen LogP contribution >= 0.6 is 11.6 Å². The Morgan fingerprint density at radius 1 is 1.18 bits per heavy atom. The molecule has 2 aromatic rings. The van der Waals surface area contributed by atoms with Crippen molar-refractivity contribution in [3.8, 4) is 5.75 Å². The highest BCUT2D eigenvalue weighted by Crippen LogP contribution is 2.36. The maximum absolute atomic E-state index is 12.4. The average molecular weight is 316 g/mol. The van der Waals surface area contributed by atoms with E-state index in [1.165, 1.54) is 0 Å². The normalized spacial score (nSPS) is 20.8. The van der Waals surface area contributed by atoms with E-state index in [0.717, 1.165) is 29.0 Å². The Morgan fingerprint density at radius 2 is 1.91 bits per heavy atom. The molecule has 1 aliphatic rings. The minimum absolute atomic E-state index is 0.0434. The first kappa shape index (κ1) is 14.9. The maximum atomic E-state index is 12.4. The number of amides is 1. The van der Waals surface area contributed by atoms with Crippen LogP contribution in [-0.4, -0.2) is 13.0 Å². The summed E-state index contributed by atoms with van der Waals surface area (Å²) >= 11 is 6.11. The van der Waals surface area contributed by atoms with E-state index in [-0.39, 0.29) is 17.7 Å². The molecule has 1 aliphatic heterocycles. The summed E-state index contributed by atoms with van der Waals surface area (Å²) in [6.07, 6.45) is 0.780. The lowest BCUT2D eigenvalue weighted by atomic mass is 9.83. The van der Waals surface area contributed by atoms with Gasteiger partial charge in [-0.2, -0.15) is 0 Å². The van der Waals surface area contributed by atoms with Gasteiger partial charge in [0.05, 0.1) is 7.11 Å². The summed E-state index contributed by atoms with van der Waals surface area (Å²) in [5, 5.41) is 3.69. The van der Waals surface area contributed by atoms with Gasteiger partial charge in [0.1, 0.15) is 5.75 Å². The van der Waals surface area contributed by atoms with Crippen molar-refractivity contribution < 1.29 is 9.53 Å². The summed E-state index contributed by atoms with van der Waals surface area (Å²) in [7, 11) is 1.65. The Bertz CT molecular complexity index is 697. The maximum Gasteiger partial charge on any atom is 0.227 e. The molecule has 0 aromatic heterocycles. The van der Waals surface area contributed by atoms with Crippen LogP contribution in [0.4, 0.5) is 5.69 Å². The average Bonchev–Trinajstić information content (AvgIpc) is 2.65. The molecule has 2 unspecified atom stereocenters. The minimum Gasteiger partial charge on any atom is -0.497 e. The number of halogens is 1. The van der Waals surface area contributed by atoms with Gasteiger partial charge in [0.2, 0.25) is 5.91 Å². The molecule has 0 spiro atoms. The van der Waals surface area contributed by atoms with Gasteiger partial charge in [0, 0.05) is 16.6 Å². The van der Waals surface area contributed by atoms with Gasteiger partial charge in [-0.05, 0) is 53.8 Å². The Hall–Kier alpha value is -2.00.